The third-order valence-corrected chi connectivity index (χ3v) is 2.83. The van der Waals surface area contributed by atoms with Crippen LogP contribution in [0.5, 0.6) is 0 Å². The zero-order valence-corrected chi connectivity index (χ0v) is 10.0. The van der Waals surface area contributed by atoms with Gasteiger partial charge < -0.3 is 10.6 Å². The third kappa shape index (κ3) is 2.50. The number of hydrogen-bond acceptors (Lipinski definition) is 2. The average molecular weight is 252 g/mol. The molecular formula is C13H14F2N2O. The summed E-state index contributed by atoms with van der Waals surface area (Å²) in [5.41, 5.74) is 0.554. The van der Waals surface area contributed by atoms with Crippen molar-refractivity contribution in [3.63, 3.8) is 0 Å². The van der Waals surface area contributed by atoms with E-state index in [4.69, 9.17) is 0 Å². The second-order valence-corrected chi connectivity index (χ2v) is 4.34. The lowest BCUT2D eigenvalue weighted by Crippen LogP contribution is -2.12. The van der Waals surface area contributed by atoms with Gasteiger partial charge in [0, 0.05) is 17.3 Å². The number of rotatable bonds is 4. The molecule has 0 spiro atoms. The highest BCUT2D eigenvalue weighted by Gasteiger charge is 2.24. The fourth-order valence-corrected chi connectivity index (χ4v) is 1.59. The molecule has 0 atom stereocenters. The van der Waals surface area contributed by atoms with Crippen LogP contribution in [0.15, 0.2) is 18.7 Å². The van der Waals surface area contributed by atoms with E-state index >= 15 is 0 Å². The van der Waals surface area contributed by atoms with E-state index in [1.165, 1.54) is 13.0 Å². The van der Waals surface area contributed by atoms with Crippen LogP contribution in [0.1, 0.15) is 18.4 Å². The Labute approximate surface area is 104 Å². The SMILES string of the molecule is C=CC(=O)Nc1cc(NC2CC2)c(C)c(F)c1F. The molecule has 18 heavy (non-hydrogen) atoms. The van der Waals surface area contributed by atoms with Gasteiger partial charge >= 0.3 is 0 Å². The molecule has 1 aliphatic carbocycles. The van der Waals surface area contributed by atoms with Crippen molar-refractivity contribution in [3.05, 3.63) is 35.9 Å². The molecule has 0 heterocycles. The minimum Gasteiger partial charge on any atom is -0.382 e. The van der Waals surface area contributed by atoms with Gasteiger partial charge in [0.15, 0.2) is 11.6 Å². The highest BCUT2D eigenvalue weighted by atomic mass is 19.2. The van der Waals surface area contributed by atoms with E-state index in [0.29, 0.717) is 11.7 Å². The van der Waals surface area contributed by atoms with E-state index in [9.17, 15) is 13.6 Å². The van der Waals surface area contributed by atoms with Gasteiger partial charge in [0.25, 0.3) is 0 Å². The Morgan fingerprint density at radius 1 is 1.39 bits per heavy atom. The summed E-state index contributed by atoms with van der Waals surface area (Å²) in [4.78, 5) is 11.1. The Bertz CT molecular complexity index is 510. The number of nitrogens with one attached hydrogen (secondary N) is 2. The van der Waals surface area contributed by atoms with Crippen molar-refractivity contribution in [1.29, 1.82) is 0 Å². The first-order valence-corrected chi connectivity index (χ1v) is 5.71. The molecular weight excluding hydrogens is 238 g/mol. The molecule has 96 valence electrons. The van der Waals surface area contributed by atoms with E-state index in [-0.39, 0.29) is 11.3 Å². The fourth-order valence-electron chi connectivity index (χ4n) is 1.59. The van der Waals surface area contributed by atoms with Crippen LogP contribution in [0.3, 0.4) is 0 Å². The van der Waals surface area contributed by atoms with Gasteiger partial charge in [-0.25, -0.2) is 8.78 Å². The molecule has 0 unspecified atom stereocenters. The third-order valence-electron chi connectivity index (χ3n) is 2.83. The Balaban J connectivity index is 2.35. The number of amides is 1. The minimum atomic E-state index is -1.05. The van der Waals surface area contributed by atoms with Crippen LogP contribution in [0, 0.1) is 18.6 Å². The molecule has 1 fully saturated rings. The van der Waals surface area contributed by atoms with E-state index in [1.54, 1.807) is 0 Å². The molecule has 0 radical (unpaired) electrons. The lowest BCUT2D eigenvalue weighted by molar-refractivity contribution is -0.111. The normalized spacial score (nSPS) is 14.2. The summed E-state index contributed by atoms with van der Waals surface area (Å²) in [7, 11) is 0. The van der Waals surface area contributed by atoms with Crippen molar-refractivity contribution in [1.82, 2.24) is 0 Å². The summed E-state index contributed by atoms with van der Waals surface area (Å²) in [5.74, 6) is -2.57. The van der Waals surface area contributed by atoms with Gasteiger partial charge in [-0.2, -0.15) is 0 Å². The maximum atomic E-state index is 13.7. The first-order valence-electron chi connectivity index (χ1n) is 5.71. The molecule has 3 nitrogen and oxygen atoms in total. The number of anilines is 2. The van der Waals surface area contributed by atoms with Crippen LogP contribution < -0.4 is 10.6 Å². The summed E-state index contributed by atoms with van der Waals surface area (Å²) in [6, 6.07) is 1.73. The highest BCUT2D eigenvalue weighted by Crippen LogP contribution is 2.32. The lowest BCUT2D eigenvalue weighted by Gasteiger charge is -2.13. The highest BCUT2D eigenvalue weighted by molar-refractivity contribution is 5.99. The van der Waals surface area contributed by atoms with Gasteiger partial charge in [0.2, 0.25) is 5.91 Å². The average Bonchev–Trinajstić information content (AvgIpc) is 3.16. The predicted molar refractivity (Wildman–Crippen MR) is 66.6 cm³/mol. The van der Waals surface area contributed by atoms with Crippen molar-refractivity contribution >= 4 is 17.3 Å². The van der Waals surface area contributed by atoms with Crippen LogP contribution >= 0.6 is 0 Å². The maximum Gasteiger partial charge on any atom is 0.247 e. The molecule has 1 saturated carbocycles. The van der Waals surface area contributed by atoms with Crippen LogP contribution in [0.2, 0.25) is 0 Å². The van der Waals surface area contributed by atoms with Gasteiger partial charge in [-0.3, -0.25) is 4.79 Å². The van der Waals surface area contributed by atoms with Crippen LogP contribution in [-0.4, -0.2) is 11.9 Å². The van der Waals surface area contributed by atoms with E-state index in [1.807, 2.05) is 0 Å². The summed E-state index contributed by atoms with van der Waals surface area (Å²) in [5, 5.41) is 5.35. The van der Waals surface area contributed by atoms with E-state index < -0.39 is 17.5 Å². The molecule has 1 amide bonds. The van der Waals surface area contributed by atoms with Crippen LogP contribution in [0.25, 0.3) is 0 Å². The number of halogens is 2. The Morgan fingerprint density at radius 2 is 2.06 bits per heavy atom. The molecule has 2 N–H and O–H groups in total. The van der Waals surface area contributed by atoms with Gasteiger partial charge in [-0.05, 0) is 31.9 Å². The monoisotopic (exact) mass is 252 g/mol. The van der Waals surface area contributed by atoms with E-state index in [0.717, 1.165) is 18.9 Å². The predicted octanol–water partition coefficient (Wildman–Crippen LogP) is 2.97. The van der Waals surface area contributed by atoms with Gasteiger partial charge in [-0.1, -0.05) is 6.58 Å². The maximum absolute atomic E-state index is 13.7. The van der Waals surface area contributed by atoms with Crippen LogP contribution in [0.4, 0.5) is 20.2 Å². The Kier molecular flexibility index (Phi) is 3.32. The summed E-state index contributed by atoms with van der Waals surface area (Å²) >= 11 is 0. The summed E-state index contributed by atoms with van der Waals surface area (Å²) < 4.78 is 27.3. The minimum absolute atomic E-state index is 0.175. The largest absolute Gasteiger partial charge is 0.382 e. The first kappa shape index (κ1) is 12.5. The number of carbonyl (C=O) groups excluding carboxylic acids is 1. The van der Waals surface area contributed by atoms with Crippen molar-refractivity contribution < 1.29 is 13.6 Å². The van der Waals surface area contributed by atoms with Crippen molar-refractivity contribution in [2.45, 2.75) is 25.8 Å². The first-order chi connectivity index (χ1) is 8.52. The zero-order chi connectivity index (χ0) is 13.3. The Hall–Kier alpha value is -1.91. The molecule has 0 bridgehead atoms. The zero-order valence-electron chi connectivity index (χ0n) is 10.0. The van der Waals surface area contributed by atoms with Crippen molar-refractivity contribution in [2.24, 2.45) is 0 Å². The molecule has 5 heteroatoms. The number of benzene rings is 1. The molecule has 2 rings (SSSR count). The molecule has 1 aromatic carbocycles. The second kappa shape index (κ2) is 4.76. The lowest BCUT2D eigenvalue weighted by atomic mass is 10.1. The van der Waals surface area contributed by atoms with E-state index in [2.05, 4.69) is 17.2 Å². The summed E-state index contributed by atoms with van der Waals surface area (Å²) in [6.45, 7) is 4.77. The molecule has 0 aromatic heterocycles. The van der Waals surface area contributed by atoms with Gasteiger partial charge in [0.1, 0.15) is 0 Å². The quantitative estimate of drug-likeness (QED) is 0.809. The molecule has 1 aromatic rings. The van der Waals surface area contributed by atoms with Crippen LogP contribution in [-0.2, 0) is 4.79 Å². The smallest absolute Gasteiger partial charge is 0.247 e. The number of hydrogen-bond donors (Lipinski definition) is 2. The molecule has 0 aliphatic heterocycles. The van der Waals surface area contributed by atoms with Crippen molar-refractivity contribution in [2.75, 3.05) is 10.6 Å². The Morgan fingerprint density at radius 3 is 2.61 bits per heavy atom. The van der Waals surface area contributed by atoms with Crippen molar-refractivity contribution in [3.8, 4) is 0 Å². The fraction of sp³-hybridized carbons (Fsp3) is 0.308. The number of carbonyl (C=O) groups is 1. The topological polar surface area (TPSA) is 41.1 Å². The molecule has 1 aliphatic rings. The van der Waals surface area contributed by atoms with Gasteiger partial charge in [0.05, 0.1) is 5.69 Å². The van der Waals surface area contributed by atoms with Gasteiger partial charge in [-0.15, -0.1) is 0 Å². The standard InChI is InChI=1S/C13H14F2N2O/c1-3-11(18)17-10-6-9(16-8-4-5-8)7(2)12(14)13(10)15/h3,6,8,16H,1,4-5H2,2H3,(H,17,18). The second-order valence-electron chi connectivity index (χ2n) is 4.34. The summed E-state index contributed by atoms with van der Waals surface area (Å²) in [6.07, 6.45) is 3.05. The molecule has 0 saturated heterocycles.